The zero-order valence-electron chi connectivity index (χ0n) is 24.9. The molecule has 1 aliphatic carbocycles. The van der Waals surface area contributed by atoms with E-state index >= 15 is 0 Å². The maximum Gasteiger partial charge on any atom is 0.416 e. The summed E-state index contributed by atoms with van der Waals surface area (Å²) in [4.78, 5) is 22.7. The molecule has 0 bridgehead atoms. The number of aromatic nitrogens is 1. The second-order valence-corrected chi connectivity index (χ2v) is 10.9. The zero-order valence-corrected chi connectivity index (χ0v) is 25.7. The number of methoxy groups -OCH3 is 5. The molecule has 15 heteroatoms. The Morgan fingerprint density at radius 2 is 1.78 bits per heavy atom. The van der Waals surface area contributed by atoms with E-state index in [4.69, 9.17) is 33.3 Å². The molecule has 5 rings (SSSR count). The standard InChI is InChI=1S/C30H30F3N3O8S/c1-38-22-10-17(11-23(39-2)27(22)40-3)19-14-21(44-36-19)16-8-9-29(41-4,42-5)25(12-16)43-15-26(37)35-28-34-20-13-18(30(31,32)33)6-7-24(20)45-28/h6-13,21,25H,14-15H2,1-5H3,(H,34,35,37). The number of halogens is 3. The number of ether oxygens (including phenoxy) is 6. The molecule has 1 amide bonds. The van der Waals surface area contributed by atoms with Crippen molar-refractivity contribution in [1.29, 1.82) is 0 Å². The van der Waals surface area contributed by atoms with Crippen LogP contribution in [0.1, 0.15) is 17.5 Å². The maximum atomic E-state index is 13.1. The summed E-state index contributed by atoms with van der Waals surface area (Å²) in [5, 5.41) is 7.00. The molecule has 1 aliphatic heterocycles. The molecule has 0 saturated carbocycles. The molecule has 3 aromatic rings. The van der Waals surface area contributed by atoms with Crippen LogP contribution >= 0.6 is 11.3 Å². The van der Waals surface area contributed by atoms with Gasteiger partial charge in [0.15, 0.2) is 22.7 Å². The van der Waals surface area contributed by atoms with Gasteiger partial charge in [-0.15, -0.1) is 0 Å². The summed E-state index contributed by atoms with van der Waals surface area (Å²) in [5.41, 5.74) is 1.39. The smallest absolute Gasteiger partial charge is 0.416 e. The van der Waals surface area contributed by atoms with Gasteiger partial charge < -0.3 is 33.3 Å². The van der Waals surface area contributed by atoms with E-state index in [1.165, 1.54) is 41.6 Å². The number of hydrogen-bond donors (Lipinski definition) is 1. The van der Waals surface area contributed by atoms with Crippen molar-refractivity contribution in [3.8, 4) is 17.2 Å². The molecule has 240 valence electrons. The monoisotopic (exact) mass is 649 g/mol. The highest BCUT2D eigenvalue weighted by Crippen LogP contribution is 2.40. The number of anilines is 1. The third-order valence-corrected chi connectivity index (χ3v) is 8.23. The molecule has 2 heterocycles. The predicted octanol–water partition coefficient (Wildman–Crippen LogP) is 5.34. The fourth-order valence-corrected chi connectivity index (χ4v) is 5.80. The van der Waals surface area contributed by atoms with E-state index in [1.54, 1.807) is 30.4 Å². The van der Waals surface area contributed by atoms with Crippen LogP contribution in [-0.4, -0.2) is 76.8 Å². The number of oxime groups is 1. The molecular weight excluding hydrogens is 619 g/mol. The lowest BCUT2D eigenvalue weighted by atomic mass is 9.92. The minimum Gasteiger partial charge on any atom is -0.493 e. The molecule has 2 unspecified atom stereocenters. The lowest BCUT2D eigenvalue weighted by molar-refractivity contribution is -0.225. The molecule has 2 atom stereocenters. The van der Waals surface area contributed by atoms with E-state index in [9.17, 15) is 18.0 Å². The third kappa shape index (κ3) is 6.61. The normalized spacial score (nSPS) is 19.1. The largest absolute Gasteiger partial charge is 0.493 e. The molecule has 1 aromatic heterocycles. The highest BCUT2D eigenvalue weighted by Gasteiger charge is 2.41. The van der Waals surface area contributed by atoms with Crippen molar-refractivity contribution in [3.05, 3.63) is 65.3 Å². The van der Waals surface area contributed by atoms with Gasteiger partial charge in [-0.1, -0.05) is 22.6 Å². The van der Waals surface area contributed by atoms with Gasteiger partial charge in [-0.05, 0) is 48.1 Å². The Morgan fingerprint density at radius 1 is 1.07 bits per heavy atom. The summed E-state index contributed by atoms with van der Waals surface area (Å²) in [5.74, 6) is -0.504. The number of carbonyl (C=O) groups excluding carboxylic acids is 1. The minimum absolute atomic E-state index is 0.124. The number of thiazole rings is 1. The Labute approximate surface area is 260 Å². The second kappa shape index (κ2) is 13.0. The van der Waals surface area contributed by atoms with E-state index in [2.05, 4.69) is 15.5 Å². The first kappa shape index (κ1) is 32.2. The van der Waals surface area contributed by atoms with Crippen molar-refractivity contribution in [1.82, 2.24) is 4.98 Å². The lowest BCUT2D eigenvalue weighted by Gasteiger charge is -2.36. The number of carbonyl (C=O) groups is 1. The van der Waals surface area contributed by atoms with Gasteiger partial charge in [0.1, 0.15) is 12.7 Å². The average molecular weight is 650 g/mol. The molecule has 0 spiro atoms. The van der Waals surface area contributed by atoms with Gasteiger partial charge in [-0.3, -0.25) is 10.1 Å². The predicted molar refractivity (Wildman–Crippen MR) is 159 cm³/mol. The molecule has 2 aliphatic rings. The fourth-order valence-electron chi connectivity index (χ4n) is 4.94. The Morgan fingerprint density at radius 3 is 2.40 bits per heavy atom. The topological polar surface area (TPSA) is 119 Å². The first-order chi connectivity index (χ1) is 21.5. The fraction of sp³-hybridized carbons (Fsp3) is 0.367. The van der Waals surface area contributed by atoms with Gasteiger partial charge in [0.25, 0.3) is 5.91 Å². The van der Waals surface area contributed by atoms with Crippen molar-refractivity contribution in [2.75, 3.05) is 47.5 Å². The summed E-state index contributed by atoms with van der Waals surface area (Å²) in [6, 6.07) is 6.78. The SMILES string of the molecule is COc1cc(C2=NOC(C3=CC(OCC(=O)Nc4nc5cc(C(F)(F)F)ccc5s4)C(OC)(OC)C=C3)C2)cc(OC)c1OC. The van der Waals surface area contributed by atoms with E-state index in [0.717, 1.165) is 29.0 Å². The van der Waals surface area contributed by atoms with Gasteiger partial charge in [-0.25, -0.2) is 4.98 Å². The van der Waals surface area contributed by atoms with Crippen molar-refractivity contribution >= 4 is 38.3 Å². The summed E-state index contributed by atoms with van der Waals surface area (Å²) in [6.45, 7) is -0.431. The number of alkyl halides is 3. The quantitative estimate of drug-likeness (QED) is 0.275. The van der Waals surface area contributed by atoms with E-state index < -0.39 is 42.2 Å². The van der Waals surface area contributed by atoms with Crippen molar-refractivity contribution < 1.29 is 51.2 Å². The number of amides is 1. The van der Waals surface area contributed by atoms with Gasteiger partial charge in [0.05, 0.1) is 42.8 Å². The second-order valence-electron chi connectivity index (χ2n) is 9.86. The van der Waals surface area contributed by atoms with Gasteiger partial charge in [0.2, 0.25) is 11.5 Å². The molecular formula is C30H30F3N3O8S. The number of benzene rings is 2. The third-order valence-electron chi connectivity index (χ3n) is 7.28. The number of nitrogens with one attached hydrogen (secondary N) is 1. The summed E-state index contributed by atoms with van der Waals surface area (Å²) in [7, 11) is 7.46. The average Bonchev–Trinajstić information content (AvgIpc) is 3.69. The molecule has 45 heavy (non-hydrogen) atoms. The van der Waals surface area contributed by atoms with Crippen molar-refractivity contribution in [2.45, 2.75) is 30.6 Å². The van der Waals surface area contributed by atoms with Crippen LogP contribution in [-0.2, 0) is 30.0 Å². The van der Waals surface area contributed by atoms with Crippen LogP contribution in [0.4, 0.5) is 18.3 Å². The maximum absolute atomic E-state index is 13.1. The highest BCUT2D eigenvalue weighted by atomic mass is 32.1. The Balaban J connectivity index is 1.28. The van der Waals surface area contributed by atoms with Gasteiger partial charge >= 0.3 is 6.18 Å². The molecule has 1 N–H and O–H groups in total. The molecule has 0 fully saturated rings. The number of fused-ring (bicyclic) bond motifs is 1. The van der Waals surface area contributed by atoms with Crippen LogP contribution < -0.4 is 19.5 Å². The van der Waals surface area contributed by atoms with Crippen LogP contribution in [0.5, 0.6) is 17.2 Å². The lowest BCUT2D eigenvalue weighted by Crippen LogP contribution is -2.47. The Hall–Kier alpha value is -4.18. The number of nitrogens with zero attached hydrogens (tertiary/aromatic N) is 2. The highest BCUT2D eigenvalue weighted by molar-refractivity contribution is 7.22. The number of rotatable bonds is 11. The van der Waals surface area contributed by atoms with Crippen molar-refractivity contribution in [3.63, 3.8) is 0 Å². The van der Waals surface area contributed by atoms with Crippen LogP contribution in [0.15, 0.2) is 59.3 Å². The van der Waals surface area contributed by atoms with E-state index in [1.807, 2.05) is 0 Å². The summed E-state index contributed by atoms with van der Waals surface area (Å²) >= 11 is 1.05. The van der Waals surface area contributed by atoms with Crippen LogP contribution in [0, 0.1) is 0 Å². The summed E-state index contributed by atoms with van der Waals surface area (Å²) < 4.78 is 73.2. The van der Waals surface area contributed by atoms with Gasteiger partial charge in [0, 0.05) is 26.2 Å². The Bertz CT molecular complexity index is 1640. The molecule has 0 saturated heterocycles. The molecule has 11 nitrogen and oxygen atoms in total. The Kier molecular flexibility index (Phi) is 9.34. The van der Waals surface area contributed by atoms with Crippen molar-refractivity contribution in [2.24, 2.45) is 5.16 Å². The first-order valence-corrected chi connectivity index (χ1v) is 14.3. The van der Waals surface area contributed by atoms with E-state index in [-0.39, 0.29) is 10.6 Å². The van der Waals surface area contributed by atoms with Gasteiger partial charge in [-0.2, -0.15) is 13.2 Å². The molecule has 0 radical (unpaired) electrons. The summed E-state index contributed by atoms with van der Waals surface area (Å²) in [6.07, 6.45) is -0.279. The van der Waals surface area contributed by atoms with Crippen LogP contribution in [0.3, 0.4) is 0 Å². The van der Waals surface area contributed by atoms with Crippen LogP contribution in [0.25, 0.3) is 10.2 Å². The van der Waals surface area contributed by atoms with Crippen LogP contribution in [0.2, 0.25) is 0 Å². The van der Waals surface area contributed by atoms with E-state index in [0.29, 0.717) is 39.7 Å². The minimum atomic E-state index is -4.50. The zero-order chi connectivity index (χ0) is 32.4. The first-order valence-electron chi connectivity index (χ1n) is 13.5. The molecule has 2 aromatic carbocycles. The number of hydrogen-bond acceptors (Lipinski definition) is 11.